The van der Waals surface area contributed by atoms with Gasteiger partial charge >= 0.3 is 0 Å². The first kappa shape index (κ1) is 13.0. The van der Waals surface area contributed by atoms with Gasteiger partial charge in [0.1, 0.15) is 12.7 Å². The van der Waals surface area contributed by atoms with Crippen molar-refractivity contribution in [1.82, 2.24) is 0 Å². The van der Waals surface area contributed by atoms with Crippen molar-refractivity contribution < 1.29 is 9.47 Å². The van der Waals surface area contributed by atoms with Crippen LogP contribution in [0.15, 0.2) is 54.6 Å². The quantitative estimate of drug-likeness (QED) is 0.928. The van der Waals surface area contributed by atoms with Gasteiger partial charge in [0.15, 0.2) is 11.5 Å². The summed E-state index contributed by atoms with van der Waals surface area (Å²) >= 11 is 0. The summed E-state index contributed by atoms with van der Waals surface area (Å²) in [5.74, 6) is 1.60. The number of para-hydroxylation sites is 2. The van der Waals surface area contributed by atoms with Crippen LogP contribution in [0.25, 0.3) is 0 Å². The zero-order valence-corrected chi connectivity index (χ0v) is 11.4. The van der Waals surface area contributed by atoms with Gasteiger partial charge in [0.25, 0.3) is 0 Å². The van der Waals surface area contributed by atoms with Crippen LogP contribution in [0.1, 0.15) is 12.0 Å². The summed E-state index contributed by atoms with van der Waals surface area (Å²) in [6.45, 7) is 0.521. The highest BCUT2D eigenvalue weighted by molar-refractivity contribution is 5.40. The Labute approximate surface area is 119 Å². The van der Waals surface area contributed by atoms with Crippen molar-refractivity contribution in [2.75, 3.05) is 6.61 Å². The van der Waals surface area contributed by atoms with Crippen LogP contribution in [-0.4, -0.2) is 18.8 Å². The number of ether oxygens (including phenoxy) is 2. The average Bonchev–Trinajstić information content (AvgIpc) is 2.53. The van der Waals surface area contributed by atoms with Crippen LogP contribution in [0.3, 0.4) is 0 Å². The molecule has 0 spiro atoms. The third-order valence-corrected chi connectivity index (χ3v) is 3.62. The summed E-state index contributed by atoms with van der Waals surface area (Å²) in [5, 5.41) is 0. The normalized spacial score (nSPS) is 18.6. The van der Waals surface area contributed by atoms with Crippen LogP contribution < -0.4 is 15.2 Å². The van der Waals surface area contributed by atoms with Crippen LogP contribution in [0.2, 0.25) is 0 Å². The monoisotopic (exact) mass is 269 g/mol. The molecule has 0 bridgehead atoms. The molecule has 3 heteroatoms. The van der Waals surface area contributed by atoms with Gasteiger partial charge in [0, 0.05) is 6.04 Å². The maximum absolute atomic E-state index is 6.25. The Morgan fingerprint density at radius 2 is 1.70 bits per heavy atom. The van der Waals surface area contributed by atoms with E-state index in [2.05, 4.69) is 24.3 Å². The molecule has 0 saturated heterocycles. The highest BCUT2D eigenvalue weighted by Gasteiger charge is 2.26. The summed E-state index contributed by atoms with van der Waals surface area (Å²) in [6.07, 6.45) is 1.78. The molecule has 2 aromatic rings. The van der Waals surface area contributed by atoms with E-state index in [0.717, 1.165) is 24.3 Å². The lowest BCUT2D eigenvalue weighted by Crippen LogP contribution is -2.45. The molecule has 0 amide bonds. The summed E-state index contributed by atoms with van der Waals surface area (Å²) < 4.78 is 11.6. The topological polar surface area (TPSA) is 44.5 Å². The lowest BCUT2D eigenvalue weighted by molar-refractivity contribution is 0.0702. The van der Waals surface area contributed by atoms with E-state index in [-0.39, 0.29) is 12.1 Å². The summed E-state index contributed by atoms with van der Waals surface area (Å²) in [4.78, 5) is 0. The van der Waals surface area contributed by atoms with Crippen LogP contribution in [0.5, 0.6) is 11.5 Å². The Hall–Kier alpha value is -2.00. The van der Waals surface area contributed by atoms with E-state index < -0.39 is 0 Å². The molecule has 0 aliphatic carbocycles. The van der Waals surface area contributed by atoms with E-state index >= 15 is 0 Å². The van der Waals surface area contributed by atoms with Crippen LogP contribution in [-0.2, 0) is 6.42 Å². The molecular formula is C17H19NO2. The lowest BCUT2D eigenvalue weighted by atomic mass is 10.0. The van der Waals surface area contributed by atoms with Gasteiger partial charge in [-0.15, -0.1) is 0 Å². The zero-order valence-electron chi connectivity index (χ0n) is 11.4. The van der Waals surface area contributed by atoms with E-state index in [1.807, 2.05) is 30.3 Å². The maximum Gasteiger partial charge on any atom is 0.161 e. The van der Waals surface area contributed by atoms with E-state index in [1.165, 1.54) is 5.56 Å². The molecule has 2 aromatic carbocycles. The average molecular weight is 269 g/mol. The molecule has 1 heterocycles. The molecule has 0 aromatic heterocycles. The first-order chi connectivity index (χ1) is 9.83. The number of aryl methyl sites for hydroxylation is 1. The van der Waals surface area contributed by atoms with Gasteiger partial charge in [-0.1, -0.05) is 42.5 Å². The maximum atomic E-state index is 6.25. The molecule has 2 atom stereocenters. The first-order valence-electron chi connectivity index (χ1n) is 7.01. The number of hydrogen-bond donors (Lipinski definition) is 1. The number of rotatable bonds is 4. The number of fused-ring (bicyclic) bond motifs is 1. The van der Waals surface area contributed by atoms with Crippen molar-refractivity contribution in [3.63, 3.8) is 0 Å². The Morgan fingerprint density at radius 3 is 2.50 bits per heavy atom. The predicted octanol–water partition coefficient (Wildman–Crippen LogP) is 2.79. The molecule has 0 unspecified atom stereocenters. The second-order valence-corrected chi connectivity index (χ2v) is 5.10. The third-order valence-electron chi connectivity index (χ3n) is 3.62. The Bertz CT molecular complexity index is 556. The van der Waals surface area contributed by atoms with Gasteiger partial charge in [-0.25, -0.2) is 0 Å². The summed E-state index contributed by atoms with van der Waals surface area (Å²) in [5.41, 5.74) is 7.55. The minimum atomic E-state index is -0.0754. The van der Waals surface area contributed by atoms with E-state index in [1.54, 1.807) is 0 Å². The smallest absolute Gasteiger partial charge is 0.161 e. The molecule has 3 nitrogen and oxygen atoms in total. The fourth-order valence-electron chi connectivity index (χ4n) is 2.41. The van der Waals surface area contributed by atoms with Crippen LogP contribution >= 0.6 is 0 Å². The molecule has 3 rings (SSSR count). The van der Waals surface area contributed by atoms with Gasteiger partial charge in [-0.2, -0.15) is 0 Å². The largest absolute Gasteiger partial charge is 0.486 e. The van der Waals surface area contributed by atoms with E-state index in [0.29, 0.717) is 6.61 Å². The summed E-state index contributed by atoms with van der Waals surface area (Å²) in [7, 11) is 0. The number of benzene rings is 2. The van der Waals surface area contributed by atoms with Gasteiger partial charge in [-0.05, 0) is 30.5 Å². The van der Waals surface area contributed by atoms with Crippen molar-refractivity contribution in [3.8, 4) is 11.5 Å². The van der Waals surface area contributed by atoms with Crippen LogP contribution in [0.4, 0.5) is 0 Å². The third kappa shape index (κ3) is 2.94. The molecule has 2 N–H and O–H groups in total. The molecule has 0 radical (unpaired) electrons. The second kappa shape index (κ2) is 5.97. The van der Waals surface area contributed by atoms with Crippen molar-refractivity contribution in [2.24, 2.45) is 5.73 Å². The fraction of sp³-hybridized carbons (Fsp3) is 0.294. The fourth-order valence-corrected chi connectivity index (χ4v) is 2.41. The molecule has 20 heavy (non-hydrogen) atoms. The SMILES string of the molecule is N[C@@H](CCc1ccccc1)[C@H]1COc2ccccc2O1. The summed E-state index contributed by atoms with van der Waals surface area (Å²) in [6, 6.07) is 18.1. The highest BCUT2D eigenvalue weighted by atomic mass is 16.6. The predicted molar refractivity (Wildman–Crippen MR) is 79.1 cm³/mol. The molecule has 0 saturated carbocycles. The number of nitrogens with two attached hydrogens (primary N) is 1. The number of hydrogen-bond acceptors (Lipinski definition) is 3. The van der Waals surface area contributed by atoms with Crippen molar-refractivity contribution in [2.45, 2.75) is 25.0 Å². The Balaban J connectivity index is 1.58. The highest BCUT2D eigenvalue weighted by Crippen LogP contribution is 2.31. The second-order valence-electron chi connectivity index (χ2n) is 5.10. The van der Waals surface area contributed by atoms with Crippen molar-refractivity contribution in [1.29, 1.82) is 0 Å². The van der Waals surface area contributed by atoms with Crippen molar-refractivity contribution in [3.05, 3.63) is 60.2 Å². The Kier molecular flexibility index (Phi) is 3.88. The van der Waals surface area contributed by atoms with E-state index in [4.69, 9.17) is 15.2 Å². The molecular weight excluding hydrogens is 250 g/mol. The van der Waals surface area contributed by atoms with Gasteiger partial charge in [0.2, 0.25) is 0 Å². The van der Waals surface area contributed by atoms with Crippen LogP contribution in [0, 0.1) is 0 Å². The minimum absolute atomic E-state index is 0.0245. The van der Waals surface area contributed by atoms with Gasteiger partial charge in [-0.3, -0.25) is 0 Å². The lowest BCUT2D eigenvalue weighted by Gasteiger charge is -2.30. The molecule has 1 aliphatic rings. The molecule has 104 valence electrons. The van der Waals surface area contributed by atoms with Gasteiger partial charge in [0.05, 0.1) is 0 Å². The minimum Gasteiger partial charge on any atom is -0.486 e. The molecule has 1 aliphatic heterocycles. The zero-order chi connectivity index (χ0) is 13.8. The van der Waals surface area contributed by atoms with Crippen molar-refractivity contribution >= 4 is 0 Å². The Morgan fingerprint density at radius 1 is 1.00 bits per heavy atom. The first-order valence-corrected chi connectivity index (χ1v) is 7.01. The standard InChI is InChI=1S/C17H19NO2/c18-14(11-10-13-6-2-1-3-7-13)17-12-19-15-8-4-5-9-16(15)20-17/h1-9,14,17H,10-12,18H2/t14-,17+/m0/s1. The van der Waals surface area contributed by atoms with Gasteiger partial charge < -0.3 is 15.2 Å². The van der Waals surface area contributed by atoms with E-state index in [9.17, 15) is 0 Å². The molecule has 0 fully saturated rings.